The molecule has 2 N–H and O–H groups in total. The lowest BCUT2D eigenvalue weighted by atomic mass is 10.2. The molecular formula is C20H20N2O6. The van der Waals surface area contributed by atoms with Gasteiger partial charge in [-0.1, -0.05) is 12.1 Å². The first-order valence-electron chi connectivity index (χ1n) is 8.44. The molecule has 2 amide bonds. The van der Waals surface area contributed by atoms with Crippen LogP contribution in [0.4, 0.5) is 11.4 Å². The molecule has 0 saturated carbocycles. The predicted octanol–water partition coefficient (Wildman–Crippen LogP) is 2.41. The molecule has 8 nitrogen and oxygen atoms in total. The molecular weight excluding hydrogens is 364 g/mol. The van der Waals surface area contributed by atoms with Crippen LogP contribution in [0.1, 0.15) is 24.2 Å². The second-order valence-electron chi connectivity index (χ2n) is 5.82. The van der Waals surface area contributed by atoms with Crippen LogP contribution >= 0.6 is 0 Å². The molecule has 0 aliphatic carbocycles. The number of nitrogens with one attached hydrogen (secondary N) is 2. The number of aldehydes is 1. The quantitative estimate of drug-likeness (QED) is 0.534. The highest BCUT2D eigenvalue weighted by atomic mass is 16.6. The molecule has 8 heteroatoms. The van der Waals surface area contributed by atoms with E-state index in [0.717, 1.165) is 0 Å². The van der Waals surface area contributed by atoms with Crippen LogP contribution < -0.4 is 15.4 Å². The zero-order chi connectivity index (χ0) is 20.5. The summed E-state index contributed by atoms with van der Waals surface area (Å²) in [4.78, 5) is 45.9. The van der Waals surface area contributed by atoms with E-state index in [9.17, 15) is 19.2 Å². The van der Waals surface area contributed by atoms with Gasteiger partial charge in [0.2, 0.25) is 5.91 Å². The highest BCUT2D eigenvalue weighted by Gasteiger charge is 2.18. The third-order valence-electron chi connectivity index (χ3n) is 3.54. The van der Waals surface area contributed by atoms with E-state index in [4.69, 9.17) is 9.47 Å². The Morgan fingerprint density at radius 3 is 2.21 bits per heavy atom. The number of hydrogen-bond acceptors (Lipinski definition) is 6. The number of ether oxygens (including phenoxy) is 2. The topological polar surface area (TPSA) is 111 Å². The molecule has 0 heterocycles. The van der Waals surface area contributed by atoms with Gasteiger partial charge in [0, 0.05) is 18.3 Å². The summed E-state index contributed by atoms with van der Waals surface area (Å²) in [7, 11) is 0. The van der Waals surface area contributed by atoms with Gasteiger partial charge in [0.05, 0.1) is 5.56 Å². The third kappa shape index (κ3) is 6.24. The van der Waals surface area contributed by atoms with Gasteiger partial charge in [-0.25, -0.2) is 4.79 Å². The Balaban J connectivity index is 1.83. The number of amides is 2. The number of benzene rings is 2. The first-order chi connectivity index (χ1) is 13.4. The smallest absolute Gasteiger partial charge is 0.344 e. The monoisotopic (exact) mass is 384 g/mol. The van der Waals surface area contributed by atoms with Gasteiger partial charge in [-0.3, -0.25) is 14.4 Å². The normalized spacial score (nSPS) is 11.1. The lowest BCUT2D eigenvalue weighted by Gasteiger charge is -2.14. The summed E-state index contributed by atoms with van der Waals surface area (Å²) in [5.41, 5.74) is 1.39. The zero-order valence-corrected chi connectivity index (χ0v) is 15.4. The van der Waals surface area contributed by atoms with Crippen LogP contribution in [-0.2, 0) is 19.1 Å². The summed E-state index contributed by atoms with van der Waals surface area (Å²) in [6, 6.07) is 12.9. The molecule has 0 aromatic heterocycles. The Hall–Kier alpha value is -3.68. The largest absolute Gasteiger partial charge is 0.481 e. The molecule has 0 unspecified atom stereocenters. The number of hydrogen-bond donors (Lipinski definition) is 2. The minimum atomic E-state index is -1.05. The average molecular weight is 384 g/mol. The van der Waals surface area contributed by atoms with E-state index in [-0.39, 0.29) is 11.7 Å². The van der Waals surface area contributed by atoms with Gasteiger partial charge in [-0.15, -0.1) is 0 Å². The van der Waals surface area contributed by atoms with Gasteiger partial charge < -0.3 is 20.1 Å². The minimum Gasteiger partial charge on any atom is -0.481 e. The van der Waals surface area contributed by atoms with Crippen LogP contribution in [0.5, 0.6) is 5.75 Å². The molecule has 0 aliphatic heterocycles. The van der Waals surface area contributed by atoms with E-state index in [1.165, 1.54) is 13.8 Å². The molecule has 0 bridgehead atoms. The van der Waals surface area contributed by atoms with Crippen LogP contribution in [0.2, 0.25) is 0 Å². The maximum absolute atomic E-state index is 12.1. The first kappa shape index (κ1) is 20.6. The van der Waals surface area contributed by atoms with Gasteiger partial charge in [0.25, 0.3) is 5.91 Å². The summed E-state index contributed by atoms with van der Waals surface area (Å²) in [5, 5.41) is 5.22. The van der Waals surface area contributed by atoms with E-state index in [2.05, 4.69) is 10.6 Å². The van der Waals surface area contributed by atoms with Crippen LogP contribution in [0.25, 0.3) is 0 Å². The lowest BCUT2D eigenvalue weighted by Crippen LogP contribution is -2.31. The van der Waals surface area contributed by atoms with Gasteiger partial charge in [0.1, 0.15) is 5.75 Å². The maximum atomic E-state index is 12.1. The predicted molar refractivity (Wildman–Crippen MR) is 102 cm³/mol. The van der Waals surface area contributed by atoms with E-state index >= 15 is 0 Å². The Labute approximate surface area is 161 Å². The van der Waals surface area contributed by atoms with Gasteiger partial charge in [0.15, 0.2) is 19.0 Å². The standard InChI is InChI=1S/C20H20N2O6/c1-13(20(26)22-17-9-7-16(8-10-17)21-14(2)24)28-19(25)12-27-18-6-4-3-5-15(18)11-23/h3-11,13H,12H2,1-2H3,(H,21,24)(H,22,26)/t13-/m1/s1. The molecule has 1 atom stereocenters. The molecule has 0 saturated heterocycles. The maximum Gasteiger partial charge on any atom is 0.344 e. The minimum absolute atomic E-state index is 0.199. The number of esters is 1. The number of carbonyl (C=O) groups excluding carboxylic acids is 4. The highest BCUT2D eigenvalue weighted by molar-refractivity contribution is 5.95. The summed E-state index contributed by atoms with van der Waals surface area (Å²) in [6.45, 7) is 2.39. The van der Waals surface area contributed by atoms with Crippen molar-refractivity contribution in [2.24, 2.45) is 0 Å². The molecule has 2 aromatic carbocycles. The number of rotatable bonds is 8. The molecule has 146 valence electrons. The van der Waals surface area contributed by atoms with Crippen molar-refractivity contribution >= 4 is 35.4 Å². The summed E-state index contributed by atoms with van der Waals surface area (Å²) in [6.07, 6.45) is -0.430. The van der Waals surface area contributed by atoms with Gasteiger partial charge in [-0.2, -0.15) is 0 Å². The molecule has 2 rings (SSSR count). The van der Waals surface area contributed by atoms with Crippen LogP contribution in [0, 0.1) is 0 Å². The number of anilines is 2. The second-order valence-corrected chi connectivity index (χ2v) is 5.82. The number of para-hydroxylation sites is 1. The SMILES string of the molecule is CC(=O)Nc1ccc(NC(=O)[C@@H](C)OC(=O)COc2ccccc2C=O)cc1. The average Bonchev–Trinajstić information content (AvgIpc) is 2.67. The van der Waals surface area contributed by atoms with Crippen molar-refractivity contribution in [1.82, 2.24) is 0 Å². The van der Waals surface area contributed by atoms with Crippen molar-refractivity contribution in [3.63, 3.8) is 0 Å². The van der Waals surface area contributed by atoms with Crippen LogP contribution in [-0.4, -0.2) is 36.8 Å². The van der Waals surface area contributed by atoms with E-state index in [1.807, 2.05) is 0 Å². The summed E-state index contributed by atoms with van der Waals surface area (Å²) < 4.78 is 10.3. The van der Waals surface area contributed by atoms with E-state index in [0.29, 0.717) is 23.2 Å². The molecule has 0 aliphatic rings. The molecule has 0 spiro atoms. The fourth-order valence-electron chi connectivity index (χ4n) is 2.21. The van der Waals surface area contributed by atoms with Gasteiger partial charge in [-0.05, 0) is 43.3 Å². The van der Waals surface area contributed by atoms with Crippen molar-refractivity contribution < 1.29 is 28.7 Å². The number of carbonyl (C=O) groups is 4. The molecule has 0 fully saturated rings. The molecule has 2 aromatic rings. The van der Waals surface area contributed by atoms with E-state index < -0.39 is 24.6 Å². The molecule has 0 radical (unpaired) electrons. The fraction of sp³-hybridized carbons (Fsp3) is 0.200. The third-order valence-corrected chi connectivity index (χ3v) is 3.54. The molecule has 28 heavy (non-hydrogen) atoms. The second kappa shape index (κ2) is 9.86. The Bertz CT molecular complexity index is 863. The Morgan fingerprint density at radius 2 is 1.61 bits per heavy atom. The summed E-state index contributed by atoms with van der Waals surface area (Å²) >= 11 is 0. The van der Waals surface area contributed by atoms with Crippen molar-refractivity contribution in [3.8, 4) is 5.75 Å². The Kier molecular flexibility index (Phi) is 7.27. The van der Waals surface area contributed by atoms with Crippen molar-refractivity contribution in [1.29, 1.82) is 0 Å². The Morgan fingerprint density at radius 1 is 1.00 bits per heavy atom. The van der Waals surface area contributed by atoms with Crippen LogP contribution in [0.3, 0.4) is 0 Å². The van der Waals surface area contributed by atoms with Crippen molar-refractivity contribution in [3.05, 3.63) is 54.1 Å². The zero-order valence-electron chi connectivity index (χ0n) is 15.4. The van der Waals surface area contributed by atoms with Crippen molar-refractivity contribution in [2.45, 2.75) is 20.0 Å². The van der Waals surface area contributed by atoms with E-state index in [1.54, 1.807) is 48.5 Å². The van der Waals surface area contributed by atoms with Gasteiger partial charge >= 0.3 is 5.97 Å². The lowest BCUT2D eigenvalue weighted by molar-refractivity contribution is -0.155. The fourth-order valence-corrected chi connectivity index (χ4v) is 2.21. The summed E-state index contributed by atoms with van der Waals surface area (Å²) in [5.74, 6) is -1.21. The highest BCUT2D eigenvalue weighted by Crippen LogP contribution is 2.16. The van der Waals surface area contributed by atoms with Crippen molar-refractivity contribution in [2.75, 3.05) is 17.2 Å². The van der Waals surface area contributed by atoms with Crippen LogP contribution in [0.15, 0.2) is 48.5 Å². The first-order valence-corrected chi connectivity index (χ1v) is 8.44.